The molecule has 0 saturated heterocycles. The number of hydrogen-bond donors (Lipinski definition) is 2. The van der Waals surface area contributed by atoms with Gasteiger partial charge in [0, 0.05) is 18.9 Å². The number of carbonyl (C=O) groups excluding carboxylic acids is 1. The Labute approximate surface area is 108 Å². The molecule has 0 saturated carbocycles. The molecule has 3 N–H and O–H groups in total. The second-order valence-corrected chi connectivity index (χ2v) is 4.86. The van der Waals surface area contributed by atoms with Crippen LogP contribution in [-0.2, 0) is 4.79 Å². The van der Waals surface area contributed by atoms with Gasteiger partial charge in [0.25, 0.3) is 0 Å². The molecule has 0 bridgehead atoms. The molecule has 1 atom stereocenters. The minimum absolute atomic E-state index is 0.0811. The normalized spacial score (nSPS) is 12.5. The van der Waals surface area contributed by atoms with Crippen LogP contribution in [0.3, 0.4) is 0 Å². The van der Waals surface area contributed by atoms with Crippen LogP contribution >= 0.6 is 0 Å². The van der Waals surface area contributed by atoms with Crippen LogP contribution in [0.2, 0.25) is 0 Å². The van der Waals surface area contributed by atoms with Gasteiger partial charge in [-0.05, 0) is 24.1 Å². The summed E-state index contributed by atoms with van der Waals surface area (Å²) < 4.78 is 13.6. The van der Waals surface area contributed by atoms with Gasteiger partial charge in [-0.25, -0.2) is 4.39 Å². The quantitative estimate of drug-likeness (QED) is 0.814. The van der Waals surface area contributed by atoms with E-state index < -0.39 is 0 Å². The largest absolute Gasteiger partial charge is 0.356 e. The molecule has 0 fully saturated rings. The Bertz CT molecular complexity index is 393. The summed E-state index contributed by atoms with van der Waals surface area (Å²) in [7, 11) is 0. The van der Waals surface area contributed by atoms with Gasteiger partial charge < -0.3 is 11.1 Å². The van der Waals surface area contributed by atoms with Crippen molar-refractivity contribution in [3.8, 4) is 0 Å². The fourth-order valence-electron chi connectivity index (χ4n) is 1.74. The zero-order valence-electron chi connectivity index (χ0n) is 10.9. The molecule has 3 nitrogen and oxygen atoms in total. The molecule has 0 aromatic heterocycles. The Balaban J connectivity index is 2.62. The lowest BCUT2D eigenvalue weighted by Gasteiger charge is -2.16. The second-order valence-electron chi connectivity index (χ2n) is 4.86. The van der Waals surface area contributed by atoms with Gasteiger partial charge in [-0.2, -0.15) is 0 Å². The topological polar surface area (TPSA) is 55.1 Å². The van der Waals surface area contributed by atoms with Crippen LogP contribution in [0.25, 0.3) is 0 Å². The van der Waals surface area contributed by atoms with Crippen molar-refractivity contribution in [2.45, 2.75) is 26.2 Å². The highest BCUT2D eigenvalue weighted by Crippen LogP contribution is 2.21. The number of hydrogen-bond acceptors (Lipinski definition) is 2. The maximum absolute atomic E-state index is 13.6. The van der Waals surface area contributed by atoms with Gasteiger partial charge >= 0.3 is 0 Å². The van der Waals surface area contributed by atoms with Crippen LogP contribution in [0.4, 0.5) is 4.39 Å². The van der Waals surface area contributed by atoms with Crippen molar-refractivity contribution >= 4 is 5.91 Å². The Morgan fingerprint density at radius 3 is 2.61 bits per heavy atom. The van der Waals surface area contributed by atoms with E-state index in [9.17, 15) is 9.18 Å². The predicted molar refractivity (Wildman–Crippen MR) is 70.7 cm³/mol. The Hall–Kier alpha value is -1.42. The van der Waals surface area contributed by atoms with Gasteiger partial charge in [-0.3, -0.25) is 4.79 Å². The highest BCUT2D eigenvalue weighted by Gasteiger charge is 2.17. The summed E-state index contributed by atoms with van der Waals surface area (Å²) in [5.74, 6) is -0.246. The van der Waals surface area contributed by atoms with Crippen LogP contribution in [0.1, 0.15) is 31.7 Å². The lowest BCUT2D eigenvalue weighted by molar-refractivity contribution is -0.121. The lowest BCUT2D eigenvalue weighted by atomic mass is 9.95. The van der Waals surface area contributed by atoms with Crippen molar-refractivity contribution in [3.63, 3.8) is 0 Å². The molecule has 1 rings (SSSR count). The Morgan fingerprint density at radius 2 is 2.06 bits per heavy atom. The average molecular weight is 252 g/mol. The molecule has 0 aliphatic rings. The van der Waals surface area contributed by atoms with E-state index in [-0.39, 0.29) is 30.6 Å². The fraction of sp³-hybridized carbons (Fsp3) is 0.500. The molecular formula is C14H21FN2O. The first kappa shape index (κ1) is 14.6. The average Bonchev–Trinajstić information content (AvgIpc) is 2.34. The molecule has 18 heavy (non-hydrogen) atoms. The molecule has 1 aromatic carbocycles. The van der Waals surface area contributed by atoms with Gasteiger partial charge in [0.05, 0.1) is 0 Å². The third-order valence-electron chi connectivity index (χ3n) is 2.77. The van der Waals surface area contributed by atoms with E-state index in [0.717, 1.165) is 0 Å². The smallest absolute Gasteiger partial charge is 0.220 e. The third kappa shape index (κ3) is 4.45. The van der Waals surface area contributed by atoms with Gasteiger partial charge in [0.2, 0.25) is 5.91 Å². The maximum atomic E-state index is 13.6. The van der Waals surface area contributed by atoms with Crippen LogP contribution in [-0.4, -0.2) is 19.0 Å². The van der Waals surface area contributed by atoms with E-state index >= 15 is 0 Å². The van der Waals surface area contributed by atoms with Crippen molar-refractivity contribution in [1.29, 1.82) is 0 Å². The highest BCUT2D eigenvalue weighted by atomic mass is 19.1. The number of rotatable bonds is 6. The van der Waals surface area contributed by atoms with Crippen LogP contribution in [0.5, 0.6) is 0 Å². The molecule has 0 radical (unpaired) electrons. The van der Waals surface area contributed by atoms with E-state index in [4.69, 9.17) is 5.73 Å². The Kier molecular flexibility index (Phi) is 5.78. The van der Waals surface area contributed by atoms with E-state index in [1.807, 2.05) is 13.8 Å². The summed E-state index contributed by atoms with van der Waals surface area (Å²) in [5.41, 5.74) is 6.14. The standard InChI is InChI=1S/C14H21FN2O/c1-10(2)9-17-14(18)7-11(8-16)12-5-3-4-6-13(12)15/h3-6,10-11H,7-9,16H2,1-2H3,(H,17,18). The first-order valence-electron chi connectivity index (χ1n) is 6.25. The number of carbonyl (C=O) groups is 1. The minimum atomic E-state index is -0.301. The summed E-state index contributed by atoms with van der Waals surface area (Å²) >= 11 is 0. The van der Waals surface area contributed by atoms with Gasteiger partial charge in [0.1, 0.15) is 5.82 Å². The van der Waals surface area contributed by atoms with Crippen molar-refractivity contribution < 1.29 is 9.18 Å². The van der Waals surface area contributed by atoms with Crippen LogP contribution in [0, 0.1) is 11.7 Å². The number of amides is 1. The maximum Gasteiger partial charge on any atom is 0.220 e. The van der Waals surface area contributed by atoms with Crippen molar-refractivity contribution in [1.82, 2.24) is 5.32 Å². The molecule has 1 aromatic rings. The molecule has 0 spiro atoms. The number of nitrogens with two attached hydrogens (primary N) is 1. The fourth-order valence-corrected chi connectivity index (χ4v) is 1.74. The Morgan fingerprint density at radius 1 is 1.39 bits per heavy atom. The van der Waals surface area contributed by atoms with E-state index in [1.165, 1.54) is 6.07 Å². The van der Waals surface area contributed by atoms with E-state index in [0.29, 0.717) is 18.0 Å². The second kappa shape index (κ2) is 7.11. The zero-order chi connectivity index (χ0) is 13.5. The van der Waals surface area contributed by atoms with Crippen LogP contribution in [0.15, 0.2) is 24.3 Å². The monoisotopic (exact) mass is 252 g/mol. The SMILES string of the molecule is CC(C)CNC(=O)CC(CN)c1ccccc1F. The van der Waals surface area contributed by atoms with Gasteiger partial charge in [0.15, 0.2) is 0 Å². The molecule has 0 heterocycles. The zero-order valence-corrected chi connectivity index (χ0v) is 10.9. The summed E-state index contributed by atoms with van der Waals surface area (Å²) in [6.45, 7) is 4.94. The summed E-state index contributed by atoms with van der Waals surface area (Å²) in [6, 6.07) is 6.46. The third-order valence-corrected chi connectivity index (χ3v) is 2.77. The molecule has 1 amide bonds. The van der Waals surface area contributed by atoms with Gasteiger partial charge in [-0.1, -0.05) is 32.0 Å². The molecule has 1 unspecified atom stereocenters. The predicted octanol–water partition coefficient (Wildman–Crippen LogP) is 2.03. The molecule has 4 heteroatoms. The lowest BCUT2D eigenvalue weighted by Crippen LogP contribution is -2.30. The first-order chi connectivity index (χ1) is 8.54. The van der Waals surface area contributed by atoms with Crippen LogP contribution < -0.4 is 11.1 Å². The highest BCUT2D eigenvalue weighted by molar-refractivity contribution is 5.76. The molecule has 0 aliphatic carbocycles. The van der Waals surface area contributed by atoms with E-state index in [2.05, 4.69) is 5.32 Å². The molecular weight excluding hydrogens is 231 g/mol. The first-order valence-corrected chi connectivity index (χ1v) is 6.25. The molecule has 0 aliphatic heterocycles. The number of benzene rings is 1. The number of nitrogens with one attached hydrogen (secondary N) is 1. The minimum Gasteiger partial charge on any atom is -0.356 e. The van der Waals surface area contributed by atoms with Crippen molar-refractivity contribution in [3.05, 3.63) is 35.6 Å². The molecule has 100 valence electrons. The number of halogens is 1. The van der Waals surface area contributed by atoms with E-state index in [1.54, 1.807) is 18.2 Å². The van der Waals surface area contributed by atoms with Crippen molar-refractivity contribution in [2.75, 3.05) is 13.1 Å². The van der Waals surface area contributed by atoms with Gasteiger partial charge in [-0.15, -0.1) is 0 Å². The summed E-state index contributed by atoms with van der Waals surface area (Å²) in [5, 5.41) is 2.82. The summed E-state index contributed by atoms with van der Waals surface area (Å²) in [6.07, 6.45) is 0.226. The summed E-state index contributed by atoms with van der Waals surface area (Å²) in [4.78, 5) is 11.7. The van der Waals surface area contributed by atoms with Crippen molar-refractivity contribution in [2.24, 2.45) is 11.7 Å².